The van der Waals surface area contributed by atoms with Crippen LogP contribution in [0.1, 0.15) is 11.1 Å². The molecule has 0 spiro atoms. The minimum absolute atomic E-state index is 0.395. The third-order valence-corrected chi connectivity index (χ3v) is 2.09. The molecule has 0 amide bonds. The molecule has 2 N–H and O–H groups in total. The summed E-state index contributed by atoms with van der Waals surface area (Å²) >= 11 is 0. The maximum Gasteiger partial charge on any atom is 0.322 e. The number of ether oxygens (including phenoxy) is 1. The van der Waals surface area contributed by atoms with Crippen molar-refractivity contribution in [2.45, 2.75) is 19.4 Å². The number of carbonyl (C=O) groups excluding carboxylic acids is 1. The molecule has 0 aliphatic carbocycles. The van der Waals surface area contributed by atoms with E-state index in [9.17, 15) is 4.79 Å². The summed E-state index contributed by atoms with van der Waals surface area (Å²) in [6, 6.07) is 1.28. The summed E-state index contributed by atoms with van der Waals surface area (Å²) in [5, 5.41) is 0. The number of nitrogens with two attached hydrogens (primary N) is 1. The second kappa shape index (κ2) is 4.72. The lowest BCUT2D eigenvalue weighted by molar-refractivity contribution is -0.142. The Kier molecular flexibility index (Phi) is 3.59. The van der Waals surface area contributed by atoms with Crippen molar-refractivity contribution >= 4 is 5.97 Å². The molecule has 1 unspecified atom stereocenters. The number of nitrogens with zero attached hydrogens (tertiary/aromatic N) is 1. The zero-order valence-corrected chi connectivity index (χ0v) is 8.36. The fourth-order valence-electron chi connectivity index (χ4n) is 1.18. The average Bonchev–Trinajstić information content (AvgIpc) is 2.20. The summed E-state index contributed by atoms with van der Waals surface area (Å²) in [7, 11) is 1.33. The summed E-state index contributed by atoms with van der Waals surface area (Å²) in [5.74, 6) is -0.395. The molecule has 76 valence electrons. The van der Waals surface area contributed by atoms with Crippen LogP contribution in [0, 0.1) is 6.92 Å². The van der Waals surface area contributed by atoms with Crippen molar-refractivity contribution in [3.05, 3.63) is 29.6 Å². The first-order valence-corrected chi connectivity index (χ1v) is 4.38. The third-order valence-electron chi connectivity index (χ3n) is 2.09. The predicted molar refractivity (Wildman–Crippen MR) is 52.7 cm³/mol. The lowest BCUT2D eigenvalue weighted by Crippen LogP contribution is -2.33. The highest BCUT2D eigenvalue weighted by Crippen LogP contribution is 2.07. The molecule has 0 saturated heterocycles. The highest BCUT2D eigenvalue weighted by Gasteiger charge is 2.14. The lowest BCUT2D eigenvalue weighted by Gasteiger charge is -2.10. The minimum Gasteiger partial charge on any atom is -0.468 e. The standard InChI is InChI=1S/C10H14N2O2/c1-7-3-4-12-6-8(7)5-9(11)10(13)14-2/h3-4,6,9H,5,11H2,1-2H3. The van der Waals surface area contributed by atoms with Gasteiger partial charge >= 0.3 is 5.97 Å². The van der Waals surface area contributed by atoms with Crippen LogP contribution in [0.25, 0.3) is 0 Å². The van der Waals surface area contributed by atoms with Gasteiger partial charge in [0.15, 0.2) is 0 Å². The van der Waals surface area contributed by atoms with Crippen LogP contribution in [0.2, 0.25) is 0 Å². The highest BCUT2D eigenvalue weighted by molar-refractivity contribution is 5.75. The number of aromatic nitrogens is 1. The van der Waals surface area contributed by atoms with Gasteiger partial charge in [-0.2, -0.15) is 0 Å². The van der Waals surface area contributed by atoms with Gasteiger partial charge < -0.3 is 10.5 Å². The van der Waals surface area contributed by atoms with E-state index < -0.39 is 12.0 Å². The van der Waals surface area contributed by atoms with Crippen molar-refractivity contribution in [1.29, 1.82) is 0 Å². The molecule has 14 heavy (non-hydrogen) atoms. The molecule has 0 aliphatic rings. The molecule has 0 radical (unpaired) electrons. The van der Waals surface area contributed by atoms with E-state index in [0.717, 1.165) is 11.1 Å². The van der Waals surface area contributed by atoms with E-state index in [2.05, 4.69) is 9.72 Å². The van der Waals surface area contributed by atoms with E-state index in [1.54, 1.807) is 12.4 Å². The van der Waals surface area contributed by atoms with Crippen LogP contribution < -0.4 is 5.73 Å². The van der Waals surface area contributed by atoms with Gasteiger partial charge in [0.2, 0.25) is 0 Å². The zero-order valence-electron chi connectivity index (χ0n) is 8.36. The van der Waals surface area contributed by atoms with Gasteiger partial charge in [-0.1, -0.05) is 0 Å². The Morgan fingerprint density at radius 3 is 3.00 bits per heavy atom. The molecular formula is C10H14N2O2. The van der Waals surface area contributed by atoms with E-state index in [1.165, 1.54) is 7.11 Å². The molecule has 1 rings (SSSR count). The van der Waals surface area contributed by atoms with Gasteiger partial charge in [-0.05, 0) is 24.1 Å². The molecule has 1 aromatic rings. The van der Waals surface area contributed by atoms with Crippen LogP contribution in [0.5, 0.6) is 0 Å². The fraction of sp³-hybridized carbons (Fsp3) is 0.400. The highest BCUT2D eigenvalue weighted by atomic mass is 16.5. The van der Waals surface area contributed by atoms with E-state index >= 15 is 0 Å². The van der Waals surface area contributed by atoms with Gasteiger partial charge in [-0.15, -0.1) is 0 Å². The molecule has 4 nitrogen and oxygen atoms in total. The summed E-state index contributed by atoms with van der Waals surface area (Å²) in [5.41, 5.74) is 7.69. The van der Waals surface area contributed by atoms with E-state index in [1.807, 2.05) is 13.0 Å². The molecule has 0 fully saturated rings. The summed E-state index contributed by atoms with van der Waals surface area (Å²) < 4.78 is 4.54. The Bertz CT molecular complexity index is 326. The van der Waals surface area contributed by atoms with Gasteiger partial charge in [-0.3, -0.25) is 9.78 Å². The summed E-state index contributed by atoms with van der Waals surface area (Å²) in [4.78, 5) is 15.0. The van der Waals surface area contributed by atoms with Crippen molar-refractivity contribution in [3.8, 4) is 0 Å². The summed E-state index contributed by atoms with van der Waals surface area (Å²) in [6.45, 7) is 1.96. The first-order valence-electron chi connectivity index (χ1n) is 4.38. The Morgan fingerprint density at radius 1 is 1.71 bits per heavy atom. The number of esters is 1. The van der Waals surface area contributed by atoms with E-state index in [0.29, 0.717) is 6.42 Å². The molecule has 1 heterocycles. The first kappa shape index (κ1) is 10.7. The summed E-state index contributed by atoms with van der Waals surface area (Å²) in [6.07, 6.45) is 3.90. The van der Waals surface area contributed by atoms with Crippen LogP contribution in [-0.4, -0.2) is 24.1 Å². The number of hydrogen-bond acceptors (Lipinski definition) is 4. The van der Waals surface area contributed by atoms with Crippen LogP contribution in [-0.2, 0) is 16.0 Å². The molecule has 0 aromatic carbocycles. The Balaban J connectivity index is 2.69. The van der Waals surface area contributed by atoms with Crippen molar-refractivity contribution in [2.75, 3.05) is 7.11 Å². The monoisotopic (exact) mass is 194 g/mol. The second-order valence-corrected chi connectivity index (χ2v) is 3.14. The molecule has 0 aliphatic heterocycles. The van der Waals surface area contributed by atoms with Gasteiger partial charge in [0, 0.05) is 18.8 Å². The van der Waals surface area contributed by atoms with Crippen molar-refractivity contribution in [3.63, 3.8) is 0 Å². The fourth-order valence-corrected chi connectivity index (χ4v) is 1.18. The Hall–Kier alpha value is -1.42. The van der Waals surface area contributed by atoms with Crippen molar-refractivity contribution < 1.29 is 9.53 Å². The van der Waals surface area contributed by atoms with Crippen molar-refractivity contribution in [2.24, 2.45) is 5.73 Å². The van der Waals surface area contributed by atoms with Gasteiger partial charge in [0.1, 0.15) is 6.04 Å². The Morgan fingerprint density at radius 2 is 2.43 bits per heavy atom. The van der Waals surface area contributed by atoms with Crippen molar-refractivity contribution in [1.82, 2.24) is 4.98 Å². The largest absolute Gasteiger partial charge is 0.468 e. The molecule has 1 atom stereocenters. The maximum atomic E-state index is 11.1. The number of methoxy groups -OCH3 is 1. The second-order valence-electron chi connectivity index (χ2n) is 3.14. The zero-order chi connectivity index (χ0) is 10.6. The molecule has 0 saturated carbocycles. The number of hydrogen-bond donors (Lipinski definition) is 1. The van der Waals surface area contributed by atoms with Crippen LogP contribution >= 0.6 is 0 Å². The van der Waals surface area contributed by atoms with Gasteiger partial charge in [0.05, 0.1) is 7.11 Å². The van der Waals surface area contributed by atoms with E-state index in [-0.39, 0.29) is 0 Å². The molecule has 0 bridgehead atoms. The van der Waals surface area contributed by atoms with E-state index in [4.69, 9.17) is 5.73 Å². The average molecular weight is 194 g/mol. The van der Waals surface area contributed by atoms with Crippen LogP contribution in [0.3, 0.4) is 0 Å². The molecule has 4 heteroatoms. The smallest absolute Gasteiger partial charge is 0.322 e. The van der Waals surface area contributed by atoms with Crippen LogP contribution in [0.4, 0.5) is 0 Å². The number of aryl methyl sites for hydroxylation is 1. The quantitative estimate of drug-likeness (QED) is 0.709. The first-order chi connectivity index (χ1) is 6.65. The normalized spacial score (nSPS) is 12.2. The number of carbonyl (C=O) groups is 1. The number of pyridine rings is 1. The predicted octanol–water partition coefficient (Wildman–Crippen LogP) is 0.433. The number of rotatable bonds is 3. The lowest BCUT2D eigenvalue weighted by atomic mass is 10.0. The SMILES string of the molecule is COC(=O)C(N)Cc1cnccc1C. The maximum absolute atomic E-state index is 11.1. The van der Waals surface area contributed by atoms with Crippen LogP contribution in [0.15, 0.2) is 18.5 Å². The van der Waals surface area contributed by atoms with Gasteiger partial charge in [0.25, 0.3) is 0 Å². The Labute approximate surface area is 83.1 Å². The topological polar surface area (TPSA) is 65.2 Å². The molecule has 1 aromatic heterocycles. The molecular weight excluding hydrogens is 180 g/mol. The third kappa shape index (κ3) is 2.53. The van der Waals surface area contributed by atoms with Gasteiger partial charge in [-0.25, -0.2) is 0 Å². The minimum atomic E-state index is -0.608.